The summed E-state index contributed by atoms with van der Waals surface area (Å²) in [6.45, 7) is 4.80. The Balaban J connectivity index is 2.53. The zero-order valence-corrected chi connectivity index (χ0v) is 11.7. The van der Waals surface area contributed by atoms with Crippen LogP contribution in [0.3, 0.4) is 0 Å². The molecule has 0 atom stereocenters. The van der Waals surface area contributed by atoms with Gasteiger partial charge in [0.1, 0.15) is 5.75 Å². The maximum absolute atomic E-state index is 11.9. The summed E-state index contributed by atoms with van der Waals surface area (Å²) in [5.41, 5.74) is 0.735. The second kappa shape index (κ2) is 7.76. The maximum atomic E-state index is 11.9. The molecule has 0 aliphatic carbocycles. The molecule has 0 aliphatic rings. The first-order chi connectivity index (χ1) is 9.06. The largest absolute Gasteiger partial charge is 0.497 e. The maximum Gasteiger partial charge on any atom is 0.238 e. The highest BCUT2D eigenvalue weighted by atomic mass is 16.5. The van der Waals surface area contributed by atoms with E-state index in [1.54, 1.807) is 31.4 Å². The van der Waals surface area contributed by atoms with Crippen LogP contribution in [0.4, 0.5) is 5.69 Å². The summed E-state index contributed by atoms with van der Waals surface area (Å²) in [5.74, 6) is 0.661. The van der Waals surface area contributed by atoms with Gasteiger partial charge < -0.3 is 15.2 Å². The van der Waals surface area contributed by atoms with E-state index in [9.17, 15) is 4.79 Å². The van der Waals surface area contributed by atoms with Crippen molar-refractivity contribution < 1.29 is 14.6 Å². The van der Waals surface area contributed by atoms with Gasteiger partial charge in [-0.3, -0.25) is 9.69 Å². The van der Waals surface area contributed by atoms with Gasteiger partial charge in [-0.2, -0.15) is 0 Å². The van der Waals surface area contributed by atoms with Crippen molar-refractivity contribution in [2.24, 2.45) is 0 Å². The van der Waals surface area contributed by atoms with E-state index in [1.807, 2.05) is 18.7 Å². The highest BCUT2D eigenvalue weighted by Crippen LogP contribution is 2.14. The van der Waals surface area contributed by atoms with Crippen LogP contribution in [-0.4, -0.2) is 48.8 Å². The highest BCUT2D eigenvalue weighted by molar-refractivity contribution is 5.92. The number of nitrogens with zero attached hydrogens (tertiary/aromatic N) is 1. The smallest absolute Gasteiger partial charge is 0.238 e. The molecule has 2 N–H and O–H groups in total. The van der Waals surface area contributed by atoms with Gasteiger partial charge in [0.15, 0.2) is 0 Å². The van der Waals surface area contributed by atoms with Crippen LogP contribution in [-0.2, 0) is 4.79 Å². The van der Waals surface area contributed by atoms with Crippen LogP contribution < -0.4 is 10.1 Å². The molecule has 5 heteroatoms. The van der Waals surface area contributed by atoms with E-state index in [2.05, 4.69) is 5.32 Å². The van der Waals surface area contributed by atoms with Crippen molar-refractivity contribution in [3.8, 4) is 5.75 Å². The van der Waals surface area contributed by atoms with Crippen molar-refractivity contribution in [3.63, 3.8) is 0 Å². The molecule has 0 bridgehead atoms. The van der Waals surface area contributed by atoms with Crippen LogP contribution in [0.2, 0.25) is 0 Å². The Labute approximate surface area is 114 Å². The molecule has 0 unspecified atom stereocenters. The SMILES string of the molecule is COc1ccc(NC(=O)CN(CCO)C(C)C)cc1. The van der Waals surface area contributed by atoms with Gasteiger partial charge in [-0.05, 0) is 38.1 Å². The third-order valence-corrected chi connectivity index (χ3v) is 2.84. The van der Waals surface area contributed by atoms with Crippen LogP contribution in [0.5, 0.6) is 5.75 Å². The molecular formula is C14H22N2O3. The predicted molar refractivity (Wildman–Crippen MR) is 75.4 cm³/mol. The molecule has 106 valence electrons. The summed E-state index contributed by atoms with van der Waals surface area (Å²) in [6, 6.07) is 7.40. The van der Waals surface area contributed by atoms with Gasteiger partial charge in [-0.25, -0.2) is 0 Å². The number of ether oxygens (including phenoxy) is 1. The summed E-state index contributed by atoms with van der Waals surface area (Å²) in [7, 11) is 1.60. The van der Waals surface area contributed by atoms with Crippen molar-refractivity contribution >= 4 is 11.6 Å². The fourth-order valence-electron chi connectivity index (χ4n) is 1.71. The van der Waals surface area contributed by atoms with Crippen molar-refractivity contribution in [2.75, 3.05) is 32.1 Å². The predicted octanol–water partition coefficient (Wildman–Crippen LogP) is 1.34. The lowest BCUT2D eigenvalue weighted by Gasteiger charge is -2.24. The van der Waals surface area contributed by atoms with Gasteiger partial charge in [-0.1, -0.05) is 0 Å². The lowest BCUT2D eigenvalue weighted by Crippen LogP contribution is -2.39. The van der Waals surface area contributed by atoms with Crippen LogP contribution in [0.15, 0.2) is 24.3 Å². The van der Waals surface area contributed by atoms with E-state index in [0.29, 0.717) is 6.54 Å². The number of methoxy groups -OCH3 is 1. The van der Waals surface area contributed by atoms with Crippen molar-refractivity contribution in [1.29, 1.82) is 0 Å². The molecule has 1 amide bonds. The Bertz CT molecular complexity index is 390. The van der Waals surface area contributed by atoms with E-state index < -0.39 is 0 Å². The molecule has 0 saturated carbocycles. The highest BCUT2D eigenvalue weighted by Gasteiger charge is 2.13. The first-order valence-electron chi connectivity index (χ1n) is 6.35. The van der Waals surface area contributed by atoms with Crippen molar-refractivity contribution in [1.82, 2.24) is 4.90 Å². The number of anilines is 1. The minimum Gasteiger partial charge on any atom is -0.497 e. The first-order valence-corrected chi connectivity index (χ1v) is 6.35. The topological polar surface area (TPSA) is 61.8 Å². The van der Waals surface area contributed by atoms with E-state index in [1.165, 1.54) is 0 Å². The standard InChI is InChI=1S/C14H22N2O3/c1-11(2)16(8-9-17)10-14(18)15-12-4-6-13(19-3)7-5-12/h4-7,11,17H,8-10H2,1-3H3,(H,15,18). The number of hydrogen-bond acceptors (Lipinski definition) is 4. The number of carbonyl (C=O) groups is 1. The molecule has 0 fully saturated rings. The molecule has 19 heavy (non-hydrogen) atoms. The number of benzene rings is 1. The van der Waals surface area contributed by atoms with Crippen molar-refractivity contribution in [2.45, 2.75) is 19.9 Å². The molecule has 0 aliphatic heterocycles. The van der Waals surface area contributed by atoms with Gasteiger partial charge in [0.25, 0.3) is 0 Å². The third-order valence-electron chi connectivity index (χ3n) is 2.84. The fraction of sp³-hybridized carbons (Fsp3) is 0.500. The van der Waals surface area contributed by atoms with Gasteiger partial charge in [-0.15, -0.1) is 0 Å². The second-order valence-corrected chi connectivity index (χ2v) is 4.56. The number of rotatable bonds is 7. The minimum absolute atomic E-state index is 0.0496. The van der Waals surface area contributed by atoms with Gasteiger partial charge >= 0.3 is 0 Å². The van der Waals surface area contributed by atoms with Crippen molar-refractivity contribution in [3.05, 3.63) is 24.3 Å². The number of amides is 1. The van der Waals surface area contributed by atoms with E-state index in [-0.39, 0.29) is 25.1 Å². The normalized spacial score (nSPS) is 10.8. The van der Waals surface area contributed by atoms with E-state index in [0.717, 1.165) is 11.4 Å². The zero-order valence-electron chi connectivity index (χ0n) is 11.7. The second-order valence-electron chi connectivity index (χ2n) is 4.56. The molecule has 1 aromatic carbocycles. The van der Waals surface area contributed by atoms with Crippen LogP contribution in [0.1, 0.15) is 13.8 Å². The van der Waals surface area contributed by atoms with Gasteiger partial charge in [0, 0.05) is 18.3 Å². The van der Waals surface area contributed by atoms with Gasteiger partial charge in [0.2, 0.25) is 5.91 Å². The zero-order chi connectivity index (χ0) is 14.3. The summed E-state index contributed by atoms with van der Waals surface area (Å²) in [6.07, 6.45) is 0. The van der Waals surface area contributed by atoms with E-state index in [4.69, 9.17) is 9.84 Å². The first kappa shape index (κ1) is 15.5. The number of carbonyl (C=O) groups excluding carboxylic acids is 1. The average molecular weight is 266 g/mol. The van der Waals surface area contributed by atoms with Crippen LogP contribution in [0, 0.1) is 0 Å². The Morgan fingerprint density at radius 2 is 2.00 bits per heavy atom. The van der Waals surface area contributed by atoms with Crippen LogP contribution in [0.25, 0.3) is 0 Å². The van der Waals surface area contributed by atoms with E-state index >= 15 is 0 Å². The fourth-order valence-corrected chi connectivity index (χ4v) is 1.71. The lowest BCUT2D eigenvalue weighted by atomic mass is 10.3. The molecule has 0 saturated heterocycles. The summed E-state index contributed by atoms with van der Waals surface area (Å²) in [4.78, 5) is 13.8. The third kappa shape index (κ3) is 5.28. The van der Waals surface area contributed by atoms with Crippen LogP contribution >= 0.6 is 0 Å². The summed E-state index contributed by atoms with van der Waals surface area (Å²) in [5, 5.41) is 11.8. The molecule has 0 radical (unpaired) electrons. The quantitative estimate of drug-likeness (QED) is 0.781. The molecule has 1 rings (SSSR count). The molecule has 0 aromatic heterocycles. The molecule has 0 heterocycles. The number of aliphatic hydroxyl groups excluding tert-OH is 1. The molecule has 5 nitrogen and oxygen atoms in total. The average Bonchev–Trinajstić information content (AvgIpc) is 2.39. The Kier molecular flexibility index (Phi) is 6.32. The number of nitrogens with one attached hydrogen (secondary N) is 1. The lowest BCUT2D eigenvalue weighted by molar-refractivity contribution is -0.117. The Morgan fingerprint density at radius 3 is 2.47 bits per heavy atom. The minimum atomic E-state index is -0.0904. The summed E-state index contributed by atoms with van der Waals surface area (Å²) < 4.78 is 5.05. The monoisotopic (exact) mass is 266 g/mol. The Hall–Kier alpha value is -1.59. The molecule has 0 spiro atoms. The number of hydrogen-bond donors (Lipinski definition) is 2. The molecular weight excluding hydrogens is 244 g/mol. The number of aliphatic hydroxyl groups is 1. The molecule has 1 aromatic rings. The Morgan fingerprint density at radius 1 is 1.37 bits per heavy atom. The summed E-state index contributed by atoms with van der Waals surface area (Å²) >= 11 is 0. The van der Waals surface area contributed by atoms with Gasteiger partial charge in [0.05, 0.1) is 20.3 Å².